The average molecular weight is 379 g/mol. The first-order valence-corrected chi connectivity index (χ1v) is 12.5. The van der Waals surface area contributed by atoms with Gasteiger partial charge in [-0.2, -0.15) is 5.10 Å². The fraction of sp³-hybridized carbons (Fsp3) is 0.579. The van der Waals surface area contributed by atoms with Gasteiger partial charge in [-0.05, 0) is 56.7 Å². The lowest BCUT2D eigenvalue weighted by molar-refractivity contribution is -0.133. The Morgan fingerprint density at radius 2 is 1.85 bits per heavy atom. The van der Waals surface area contributed by atoms with E-state index in [4.69, 9.17) is 13.9 Å². The number of carbonyl (C=O) groups excluding carboxylic acids is 1. The summed E-state index contributed by atoms with van der Waals surface area (Å²) in [5, 5.41) is 6.56. The van der Waals surface area contributed by atoms with Crippen molar-refractivity contribution in [1.82, 2.24) is 0 Å². The third-order valence-corrected chi connectivity index (χ3v) is 5.53. The molecule has 1 heterocycles. The highest BCUT2D eigenvalue weighted by Crippen LogP contribution is 2.33. The number of benzene rings is 1. The lowest BCUT2D eigenvalue weighted by Gasteiger charge is -2.28. The molecule has 0 saturated heterocycles. The smallest absolute Gasteiger partial charge is 0.354 e. The topological polar surface area (TPSA) is 60.4 Å². The van der Waals surface area contributed by atoms with Crippen LogP contribution in [0.15, 0.2) is 29.4 Å². The van der Waals surface area contributed by atoms with E-state index in [0.29, 0.717) is 12.3 Å². The zero-order valence-electron chi connectivity index (χ0n) is 16.6. The molecule has 1 aliphatic heterocycles. The Labute approximate surface area is 157 Å². The van der Waals surface area contributed by atoms with Crippen molar-refractivity contribution in [2.24, 2.45) is 11.0 Å². The maximum atomic E-state index is 12.3. The lowest BCUT2D eigenvalue weighted by Crippen LogP contribution is -2.36. The molecule has 0 fully saturated rings. The van der Waals surface area contributed by atoms with E-state index in [1.54, 1.807) is 7.11 Å². The van der Waals surface area contributed by atoms with Crippen LogP contribution in [0.1, 0.15) is 19.8 Å². The van der Waals surface area contributed by atoms with Crippen molar-refractivity contribution in [3.8, 4) is 5.75 Å². The number of anilines is 1. The summed E-state index contributed by atoms with van der Waals surface area (Å²) < 4.78 is 16.2. The predicted molar refractivity (Wildman–Crippen MR) is 106 cm³/mol. The quantitative estimate of drug-likeness (QED) is 0.510. The summed E-state index contributed by atoms with van der Waals surface area (Å²) in [6.45, 7) is 9.24. The molecule has 1 aliphatic rings. The van der Waals surface area contributed by atoms with Crippen molar-refractivity contribution in [1.29, 1.82) is 0 Å². The van der Waals surface area contributed by atoms with Gasteiger partial charge in [-0.25, -0.2) is 4.79 Å². The second-order valence-corrected chi connectivity index (χ2v) is 11.9. The summed E-state index contributed by atoms with van der Waals surface area (Å²) >= 11 is 0. The Bertz CT molecular complexity index is 640. The predicted octanol–water partition coefficient (Wildman–Crippen LogP) is 3.68. The second kappa shape index (κ2) is 8.68. The molecule has 0 aromatic heterocycles. The van der Waals surface area contributed by atoms with E-state index in [0.717, 1.165) is 24.3 Å². The Hall–Kier alpha value is -1.86. The van der Waals surface area contributed by atoms with Gasteiger partial charge in [0.15, 0.2) is 14.0 Å². The van der Waals surface area contributed by atoms with Gasteiger partial charge in [0.1, 0.15) is 5.75 Å². The number of hydrazone groups is 1. The monoisotopic (exact) mass is 378 g/mol. The summed E-state index contributed by atoms with van der Waals surface area (Å²) in [5.74, 6) is 0.418. The van der Waals surface area contributed by atoms with Crippen LogP contribution in [0.5, 0.6) is 5.75 Å². The second-order valence-electron chi connectivity index (χ2n) is 7.35. The van der Waals surface area contributed by atoms with E-state index < -0.39 is 8.32 Å². The van der Waals surface area contributed by atoms with Gasteiger partial charge in [0.25, 0.3) is 0 Å². The van der Waals surface area contributed by atoms with Gasteiger partial charge < -0.3 is 13.9 Å². The van der Waals surface area contributed by atoms with Gasteiger partial charge >= 0.3 is 5.97 Å². The number of rotatable bonds is 8. The molecular weight excluding hydrogens is 348 g/mol. The fourth-order valence-electron chi connectivity index (χ4n) is 3.18. The van der Waals surface area contributed by atoms with E-state index in [2.05, 4.69) is 31.7 Å². The molecule has 0 amide bonds. The molecule has 1 aromatic rings. The Kier molecular flexibility index (Phi) is 6.83. The first-order valence-electron chi connectivity index (χ1n) is 9.04. The van der Waals surface area contributed by atoms with E-state index in [1.165, 1.54) is 7.11 Å². The van der Waals surface area contributed by atoms with Crippen LogP contribution in [0.25, 0.3) is 0 Å². The normalized spacial score (nSPS) is 20.1. The van der Waals surface area contributed by atoms with Crippen molar-refractivity contribution in [3.63, 3.8) is 0 Å². The maximum absolute atomic E-state index is 12.3. The van der Waals surface area contributed by atoms with Crippen LogP contribution in [0.2, 0.25) is 19.6 Å². The minimum absolute atomic E-state index is 0.00842. The maximum Gasteiger partial charge on any atom is 0.354 e. The Morgan fingerprint density at radius 1 is 1.19 bits per heavy atom. The molecule has 0 aliphatic carbocycles. The first kappa shape index (κ1) is 20.4. The third-order valence-electron chi connectivity index (χ3n) is 4.46. The van der Waals surface area contributed by atoms with Crippen LogP contribution in [0, 0.1) is 5.92 Å². The Balaban J connectivity index is 2.25. The van der Waals surface area contributed by atoms with Crippen molar-refractivity contribution >= 4 is 25.7 Å². The lowest BCUT2D eigenvalue weighted by atomic mass is 9.90. The van der Waals surface area contributed by atoms with Gasteiger partial charge in [0.2, 0.25) is 0 Å². The van der Waals surface area contributed by atoms with E-state index in [1.807, 2.05) is 29.3 Å². The zero-order chi connectivity index (χ0) is 19.3. The summed E-state index contributed by atoms with van der Waals surface area (Å²) in [4.78, 5) is 12.3. The molecule has 7 heteroatoms. The number of ether oxygens (including phenoxy) is 2. The van der Waals surface area contributed by atoms with Crippen LogP contribution in [-0.4, -0.2) is 46.9 Å². The molecule has 26 heavy (non-hydrogen) atoms. The molecule has 0 bridgehead atoms. The zero-order valence-corrected chi connectivity index (χ0v) is 17.6. The van der Waals surface area contributed by atoms with Gasteiger partial charge in [-0.3, -0.25) is 5.01 Å². The van der Waals surface area contributed by atoms with Crippen molar-refractivity contribution in [3.05, 3.63) is 24.3 Å². The van der Waals surface area contributed by atoms with Crippen LogP contribution in [0.4, 0.5) is 5.69 Å². The largest absolute Gasteiger partial charge is 0.497 e. The van der Waals surface area contributed by atoms with Gasteiger partial charge in [-0.15, -0.1) is 0 Å². The summed E-state index contributed by atoms with van der Waals surface area (Å²) in [6, 6.07) is 7.82. The molecule has 0 radical (unpaired) electrons. The standard InChI is InChI=1S/C19H30N2O4Si/c1-7-17-16(12-13-25-26(4,5)6)18(19(22)24-3)20-21(17)14-8-10-15(23-2)11-9-14/h8-11,16-17H,7,12-13H2,1-6H3/t16-,17-/m1/s1. The molecule has 6 nitrogen and oxygen atoms in total. The van der Waals surface area contributed by atoms with Crippen molar-refractivity contribution < 1.29 is 18.7 Å². The van der Waals surface area contributed by atoms with E-state index in [-0.39, 0.29) is 17.9 Å². The van der Waals surface area contributed by atoms with Crippen LogP contribution in [0.3, 0.4) is 0 Å². The molecule has 2 rings (SSSR count). The molecule has 2 atom stereocenters. The summed E-state index contributed by atoms with van der Waals surface area (Å²) in [7, 11) is 1.45. The van der Waals surface area contributed by atoms with E-state index >= 15 is 0 Å². The molecule has 0 saturated carbocycles. The molecule has 144 valence electrons. The first-order chi connectivity index (χ1) is 12.3. The minimum Gasteiger partial charge on any atom is -0.497 e. The molecule has 0 N–H and O–H groups in total. The van der Waals surface area contributed by atoms with Crippen molar-refractivity contribution in [2.45, 2.75) is 45.4 Å². The highest BCUT2D eigenvalue weighted by Gasteiger charge is 2.40. The van der Waals surface area contributed by atoms with E-state index in [9.17, 15) is 4.79 Å². The molecule has 0 unspecified atom stereocenters. The number of nitrogens with zero attached hydrogens (tertiary/aromatic N) is 2. The molecular formula is C19H30N2O4Si. The highest BCUT2D eigenvalue weighted by atomic mass is 28.4. The summed E-state index contributed by atoms with van der Waals surface area (Å²) in [5.41, 5.74) is 1.42. The Morgan fingerprint density at radius 3 is 2.35 bits per heavy atom. The highest BCUT2D eigenvalue weighted by molar-refractivity contribution is 6.69. The van der Waals surface area contributed by atoms with Gasteiger partial charge in [0.05, 0.1) is 25.9 Å². The third kappa shape index (κ3) is 4.85. The number of esters is 1. The number of carbonyl (C=O) groups is 1. The van der Waals surface area contributed by atoms with Gasteiger partial charge in [-0.1, -0.05) is 6.92 Å². The van der Waals surface area contributed by atoms with Gasteiger partial charge in [0, 0.05) is 12.5 Å². The van der Waals surface area contributed by atoms with Crippen LogP contribution in [-0.2, 0) is 14.0 Å². The van der Waals surface area contributed by atoms with Crippen molar-refractivity contribution in [2.75, 3.05) is 25.8 Å². The molecule has 1 aromatic carbocycles. The summed E-state index contributed by atoms with van der Waals surface area (Å²) in [6.07, 6.45) is 1.62. The number of methoxy groups -OCH3 is 2. The number of hydrogen-bond donors (Lipinski definition) is 0. The van der Waals surface area contributed by atoms with Crippen LogP contribution < -0.4 is 9.75 Å². The average Bonchev–Trinajstić information content (AvgIpc) is 2.98. The number of hydrogen-bond acceptors (Lipinski definition) is 6. The SMILES string of the molecule is CC[C@@H]1[C@@H](CCO[Si](C)(C)C)C(C(=O)OC)=NN1c1ccc(OC)cc1. The fourth-order valence-corrected chi connectivity index (χ4v) is 3.91. The molecule has 0 spiro atoms. The van der Waals surface area contributed by atoms with Crippen LogP contribution >= 0.6 is 0 Å². The minimum atomic E-state index is -1.59.